The molecular weight excluding hydrogens is 1940 g/mol. The van der Waals surface area contributed by atoms with E-state index in [2.05, 4.69) is 85.1 Å². The summed E-state index contributed by atoms with van der Waals surface area (Å²) in [5.74, 6) is -38.7. The van der Waals surface area contributed by atoms with E-state index in [-0.39, 0.29) is 64.6 Å². The van der Waals surface area contributed by atoms with Crippen LogP contribution in [-0.4, -0.2) is 372 Å². The first-order valence-electron chi connectivity index (χ1n) is 45.2. The summed E-state index contributed by atoms with van der Waals surface area (Å²) in [4.78, 5) is 376. The van der Waals surface area contributed by atoms with Crippen molar-refractivity contribution in [3.05, 3.63) is 0 Å². The number of carbonyl (C=O) groups is 29. The minimum Gasteiger partial charge on any atom is -0.481 e. The molecule has 63 heteroatoms. The van der Waals surface area contributed by atoms with E-state index < -0.39 is 383 Å². The smallest absolute Gasteiger partial charge is 0.326 e. The lowest BCUT2D eigenvalue weighted by atomic mass is 10.0. The number of nitrogens with two attached hydrogens (primary N) is 5. The minimum absolute atomic E-state index is 0.00153. The van der Waals surface area contributed by atoms with Gasteiger partial charge in [-0.3, -0.25) is 134 Å². The molecule has 0 aliphatic carbocycles. The highest BCUT2D eigenvalue weighted by Crippen LogP contribution is 2.13. The van der Waals surface area contributed by atoms with Gasteiger partial charge in [0.05, 0.1) is 57.5 Å². The normalized spacial score (nSPS) is 14.8. The molecule has 0 saturated heterocycles. The van der Waals surface area contributed by atoms with E-state index in [4.69, 9.17) is 33.8 Å². The van der Waals surface area contributed by atoms with E-state index in [1.807, 2.05) is 21.3 Å². The molecule has 0 bridgehead atoms. The Morgan fingerprint density at radius 2 is 0.455 bits per heavy atom. The molecule has 814 valence electrons. The van der Waals surface area contributed by atoms with Crippen LogP contribution in [0.25, 0.3) is 0 Å². The molecule has 0 rings (SSSR count). The first-order valence-corrected chi connectivity index (χ1v) is 45.2. The van der Waals surface area contributed by atoms with Crippen molar-refractivity contribution in [2.75, 3.05) is 39.3 Å². The fourth-order valence-electron chi connectivity index (χ4n) is 12.5. The van der Waals surface area contributed by atoms with Crippen LogP contribution in [-0.2, 0) is 139 Å². The number of unbranched alkanes of at least 4 members (excludes halogenated alkanes) is 3. The van der Waals surface area contributed by atoms with Crippen LogP contribution in [0.5, 0.6) is 0 Å². The van der Waals surface area contributed by atoms with Gasteiger partial charge < -0.3 is 181 Å². The molecule has 0 spiro atoms. The van der Waals surface area contributed by atoms with Crippen LogP contribution < -0.4 is 135 Å². The molecule has 0 radical (unpaired) electrons. The van der Waals surface area contributed by atoms with Gasteiger partial charge in [-0.15, -0.1) is 0 Å². The zero-order valence-corrected chi connectivity index (χ0v) is 80.3. The summed E-state index contributed by atoms with van der Waals surface area (Å²) in [5, 5.41) is 130. The van der Waals surface area contributed by atoms with Gasteiger partial charge in [-0.2, -0.15) is 0 Å². The lowest BCUT2D eigenvalue weighted by Crippen LogP contribution is -2.62. The Morgan fingerprint density at radius 1 is 0.228 bits per heavy atom. The van der Waals surface area contributed by atoms with Gasteiger partial charge in [-0.1, -0.05) is 0 Å². The average Bonchev–Trinajstić information content (AvgIpc) is 0.795. The third-order valence-electron chi connectivity index (χ3n) is 20.5. The van der Waals surface area contributed by atoms with Crippen molar-refractivity contribution >= 4 is 172 Å². The van der Waals surface area contributed by atoms with Crippen LogP contribution in [0.4, 0.5) is 0 Å². The second-order valence-corrected chi connectivity index (χ2v) is 33.1. The highest BCUT2D eigenvalue weighted by Gasteiger charge is 2.40. The predicted octanol–water partition coefficient (Wildman–Crippen LogP) is -15.4. The molecule has 63 nitrogen and oxygen atoms in total. The zero-order chi connectivity index (χ0) is 111. The quantitative estimate of drug-likeness (QED) is 0.0251. The molecule has 0 saturated carbocycles. The Hall–Kier alpha value is -15.6. The number of hydrogen-bond donors (Lipinski definition) is 34. The Balaban J connectivity index is 6.63. The van der Waals surface area contributed by atoms with Crippen molar-refractivity contribution < 1.29 is 185 Å². The summed E-state index contributed by atoms with van der Waals surface area (Å²) in [6.45, 7) is 4.63. The summed E-state index contributed by atoms with van der Waals surface area (Å²) in [7, 11) is 0. The fraction of sp³-hybridized carbons (Fsp3) is 0.646. The van der Waals surface area contributed by atoms with Crippen LogP contribution >= 0.6 is 0 Å². The highest BCUT2D eigenvalue weighted by molar-refractivity contribution is 6.03. The van der Waals surface area contributed by atoms with Crippen LogP contribution in [0.1, 0.15) is 183 Å². The number of carboxylic acids is 8. The number of aliphatic carboxylic acids is 8. The summed E-state index contributed by atoms with van der Waals surface area (Å²) < 4.78 is 0. The molecule has 0 heterocycles. The van der Waals surface area contributed by atoms with E-state index in [0.29, 0.717) is 12.8 Å². The molecule has 0 aromatic carbocycles. The molecule has 0 unspecified atom stereocenters. The largest absolute Gasteiger partial charge is 0.481 e. The van der Waals surface area contributed by atoms with Gasteiger partial charge in [0.2, 0.25) is 124 Å². The van der Waals surface area contributed by atoms with E-state index in [0.717, 1.165) is 41.5 Å². The summed E-state index contributed by atoms with van der Waals surface area (Å²) in [6.07, 6.45) is -12.0. The van der Waals surface area contributed by atoms with Crippen LogP contribution in [0.15, 0.2) is 0 Å². The summed E-state index contributed by atoms with van der Waals surface area (Å²) in [6, 6.07) is -32.0. The number of aliphatic hydroxyl groups is 1. The van der Waals surface area contributed by atoms with Crippen LogP contribution in [0.3, 0.4) is 0 Å². The second-order valence-electron chi connectivity index (χ2n) is 33.1. The van der Waals surface area contributed by atoms with Gasteiger partial charge in [0.1, 0.15) is 103 Å². The Labute approximate surface area is 826 Å². The maximum atomic E-state index is 14.2. The van der Waals surface area contributed by atoms with Gasteiger partial charge in [0, 0.05) is 25.7 Å². The standard InChI is InChI=1S/C82H133N25O38/c1-35(86)65(127)98-46(19-23-58(115)116)76(138)105-49(28-60(119)120)72(134)90-34-56(112)97-51(30-62(123)124)78(140)94-39(5)67(129)99-43(15-9-12-26-84)77(139)107-64(41(7)108)81(143)106-52(31-63(125)126)80(142)103-45(17-21-53(87)109)74(136)93-38(4)69(131)101-47(20-24-59(117)118)75(137)102-42(14-8-11-25-83)73(135)92-37(3)68(130)100-44(18-22-57(113)114)71(133)89-32-54(110)91-36(2)66(128)88-33-55(111)96-50(29-61(121)122)79(141)95-40(6)70(132)104-48(82(144)145)16-10-13-27-85/h35-52,64,108H,8-34,83-86H2,1-7H3,(H2,87,109)(H,88,128)(H,89,133)(H,90,134)(H,91,110)(H,92,135)(H,93,136)(H,94,140)(H,95,141)(H,96,111)(H,97,112)(H,98,127)(H,99,129)(H,100,130)(H,101,131)(H,102,137)(H,103,142)(H,104,132)(H,105,138)(H,106,143)(H,107,139)(H,113,114)(H,115,116)(H,117,118)(H,119,120)(H,121,122)(H,123,124)(H,125,126)(H,144,145)/t35-,36-,37-,38-,39-,40-,41+,42-,43-,44-,45-,46-,47-,48-,49-,50-,51-,52-,64-/m0/s1. The molecule has 145 heavy (non-hydrogen) atoms. The Kier molecular flexibility index (Phi) is 60.5. The maximum Gasteiger partial charge on any atom is 0.326 e. The molecule has 0 aliphatic rings. The number of primary amides is 1. The molecule has 0 aromatic rings. The van der Waals surface area contributed by atoms with Crippen LogP contribution in [0, 0.1) is 0 Å². The van der Waals surface area contributed by atoms with Gasteiger partial charge in [0.25, 0.3) is 0 Å². The first kappa shape index (κ1) is 129. The number of nitrogens with one attached hydrogen (secondary N) is 20. The summed E-state index contributed by atoms with van der Waals surface area (Å²) in [5.41, 5.74) is 27.6. The predicted molar refractivity (Wildman–Crippen MR) is 490 cm³/mol. The number of amides is 21. The van der Waals surface area contributed by atoms with E-state index in [9.17, 15) is 180 Å². The SMILES string of the molecule is C[C@H](N)C(=O)N[C@@H](CCC(=O)O)C(=O)N[C@@H](CC(=O)O)C(=O)NCC(=O)N[C@@H](CC(=O)O)C(=O)N[C@@H](C)C(=O)N[C@@H](CCCCN)C(=O)N[C@H](C(=O)N[C@@H](CC(=O)O)C(=O)N[C@@H](CCC(N)=O)C(=O)N[C@@H](C)C(=O)N[C@@H](CCC(=O)O)C(=O)N[C@@H](CCCCN)C(=O)N[C@@H](C)C(=O)N[C@@H](CCC(=O)O)C(=O)NCC(=O)N[C@@H](C)C(=O)NCC(=O)N[C@@H](CC(=O)O)C(=O)N[C@@H](C)C(=O)N[C@@H](CCCCN)C(=O)O)[C@@H](C)O. The number of aliphatic hydroxyl groups excluding tert-OH is 1. The second kappa shape index (κ2) is 67.8. The van der Waals surface area contributed by atoms with E-state index in [1.165, 1.54) is 6.92 Å². The van der Waals surface area contributed by atoms with Crippen molar-refractivity contribution in [1.29, 1.82) is 0 Å². The van der Waals surface area contributed by atoms with Crippen molar-refractivity contribution in [2.24, 2.45) is 28.7 Å². The zero-order valence-electron chi connectivity index (χ0n) is 80.3. The minimum atomic E-state index is -2.28. The maximum absolute atomic E-state index is 14.2. The fourth-order valence-corrected chi connectivity index (χ4v) is 12.5. The topological polar surface area (TPSA) is 1050 Å². The molecule has 0 fully saturated rings. The van der Waals surface area contributed by atoms with Gasteiger partial charge in [0.15, 0.2) is 0 Å². The number of carboxylic acid groups (broad SMARTS) is 8. The van der Waals surface area contributed by atoms with Gasteiger partial charge in [-0.05, 0) is 152 Å². The third-order valence-corrected chi connectivity index (χ3v) is 20.5. The molecule has 0 aromatic heterocycles. The highest BCUT2D eigenvalue weighted by atomic mass is 16.4. The van der Waals surface area contributed by atoms with E-state index in [1.54, 1.807) is 0 Å². The number of rotatable bonds is 74. The van der Waals surface area contributed by atoms with Crippen molar-refractivity contribution in [1.82, 2.24) is 106 Å². The molecular formula is C82H133N25O38. The molecule has 19 atom stereocenters. The molecule has 21 amide bonds. The van der Waals surface area contributed by atoms with Gasteiger partial charge >= 0.3 is 47.8 Å². The Bertz CT molecular complexity index is 4600. The lowest BCUT2D eigenvalue weighted by Gasteiger charge is -2.28. The molecule has 0 aliphatic heterocycles. The Morgan fingerprint density at radius 3 is 0.766 bits per heavy atom. The third kappa shape index (κ3) is 54.3. The monoisotopic (exact) mass is 2080 g/mol. The van der Waals surface area contributed by atoms with Crippen LogP contribution in [0.2, 0.25) is 0 Å². The van der Waals surface area contributed by atoms with E-state index >= 15 is 0 Å². The summed E-state index contributed by atoms with van der Waals surface area (Å²) >= 11 is 0. The number of hydrogen-bond acceptors (Lipinski definition) is 34. The number of carbonyl (C=O) groups excluding carboxylic acids is 21. The van der Waals surface area contributed by atoms with Gasteiger partial charge in [-0.25, -0.2) is 4.79 Å². The van der Waals surface area contributed by atoms with Crippen molar-refractivity contribution in [2.45, 2.75) is 298 Å². The first-order chi connectivity index (χ1) is 67.7. The van der Waals surface area contributed by atoms with Crippen molar-refractivity contribution in [3.63, 3.8) is 0 Å². The lowest BCUT2D eigenvalue weighted by molar-refractivity contribution is -0.143. The average molecular weight is 2080 g/mol. The molecule has 39 N–H and O–H groups in total. The van der Waals surface area contributed by atoms with Crippen molar-refractivity contribution in [3.8, 4) is 0 Å².